The van der Waals surface area contributed by atoms with Gasteiger partial charge in [0.05, 0.1) is 0 Å². The standard InChI is InChI=1S/C10H7Br2F3O2/c11-4-3-9(16)7-5-6(1-2-8(7)12)17-10(13,14)15/h1-2,5H,3-4H2. The zero-order valence-electron chi connectivity index (χ0n) is 8.35. The Morgan fingerprint density at radius 3 is 2.53 bits per heavy atom. The monoisotopic (exact) mass is 374 g/mol. The van der Waals surface area contributed by atoms with Crippen molar-refractivity contribution in [3.05, 3.63) is 28.2 Å². The van der Waals surface area contributed by atoms with Gasteiger partial charge in [0.2, 0.25) is 0 Å². The first-order chi connectivity index (χ1) is 7.83. The van der Waals surface area contributed by atoms with Gasteiger partial charge in [0.1, 0.15) is 5.75 Å². The van der Waals surface area contributed by atoms with Crippen molar-refractivity contribution in [2.24, 2.45) is 0 Å². The van der Waals surface area contributed by atoms with E-state index in [9.17, 15) is 18.0 Å². The number of carbonyl (C=O) groups is 1. The van der Waals surface area contributed by atoms with Gasteiger partial charge in [-0.2, -0.15) is 0 Å². The molecule has 0 heterocycles. The Morgan fingerprint density at radius 1 is 1.35 bits per heavy atom. The van der Waals surface area contributed by atoms with Crippen LogP contribution in [0.15, 0.2) is 22.7 Å². The second-order valence-electron chi connectivity index (χ2n) is 3.05. The summed E-state index contributed by atoms with van der Waals surface area (Å²) in [7, 11) is 0. The molecule has 7 heteroatoms. The van der Waals surface area contributed by atoms with Gasteiger partial charge in [0.15, 0.2) is 5.78 Å². The molecule has 0 saturated carbocycles. The molecule has 0 aliphatic rings. The molecule has 0 saturated heterocycles. The van der Waals surface area contributed by atoms with Crippen molar-refractivity contribution < 1.29 is 22.7 Å². The summed E-state index contributed by atoms with van der Waals surface area (Å²) in [5.41, 5.74) is 0.172. The van der Waals surface area contributed by atoms with Crippen LogP contribution in [0, 0.1) is 0 Å². The smallest absolute Gasteiger partial charge is 0.406 e. The van der Waals surface area contributed by atoms with Crippen LogP contribution in [0.3, 0.4) is 0 Å². The van der Waals surface area contributed by atoms with Gasteiger partial charge in [-0.3, -0.25) is 4.79 Å². The van der Waals surface area contributed by atoms with Gasteiger partial charge in [0.25, 0.3) is 0 Å². The van der Waals surface area contributed by atoms with Crippen LogP contribution in [0.25, 0.3) is 0 Å². The molecule has 0 N–H and O–H groups in total. The third kappa shape index (κ3) is 4.67. The molecule has 17 heavy (non-hydrogen) atoms. The SMILES string of the molecule is O=C(CCBr)c1cc(OC(F)(F)F)ccc1Br. The molecule has 94 valence electrons. The first-order valence-corrected chi connectivity index (χ1v) is 6.39. The van der Waals surface area contributed by atoms with Crippen LogP contribution in [0.1, 0.15) is 16.8 Å². The number of halogens is 5. The average Bonchev–Trinajstić information content (AvgIpc) is 2.19. The maximum atomic E-state index is 12.0. The number of hydrogen-bond donors (Lipinski definition) is 0. The lowest BCUT2D eigenvalue weighted by molar-refractivity contribution is -0.274. The average molecular weight is 376 g/mol. The second kappa shape index (κ2) is 5.86. The third-order valence-corrected chi connectivity index (χ3v) is 2.88. The minimum atomic E-state index is -4.76. The van der Waals surface area contributed by atoms with E-state index in [0.29, 0.717) is 9.80 Å². The fraction of sp³-hybridized carbons (Fsp3) is 0.300. The minimum absolute atomic E-state index is 0.172. The van der Waals surface area contributed by atoms with E-state index in [1.165, 1.54) is 6.07 Å². The van der Waals surface area contributed by atoms with Gasteiger partial charge in [-0.15, -0.1) is 13.2 Å². The molecule has 0 unspecified atom stereocenters. The molecule has 0 bridgehead atoms. The van der Waals surface area contributed by atoms with E-state index in [1.807, 2.05) is 0 Å². The number of benzene rings is 1. The van der Waals surface area contributed by atoms with Crippen LogP contribution in [0.4, 0.5) is 13.2 Å². The van der Waals surface area contributed by atoms with E-state index >= 15 is 0 Å². The number of rotatable bonds is 4. The first-order valence-electron chi connectivity index (χ1n) is 4.48. The van der Waals surface area contributed by atoms with Crippen LogP contribution in [-0.2, 0) is 0 Å². The summed E-state index contributed by atoms with van der Waals surface area (Å²) in [6.07, 6.45) is -4.56. The van der Waals surface area contributed by atoms with Crippen LogP contribution >= 0.6 is 31.9 Å². The Hall–Kier alpha value is -0.560. The number of ether oxygens (including phenoxy) is 1. The number of alkyl halides is 4. The van der Waals surface area contributed by atoms with Crippen molar-refractivity contribution >= 4 is 37.6 Å². The van der Waals surface area contributed by atoms with Crippen molar-refractivity contribution in [1.82, 2.24) is 0 Å². The van der Waals surface area contributed by atoms with Crippen LogP contribution < -0.4 is 4.74 Å². The van der Waals surface area contributed by atoms with E-state index in [2.05, 4.69) is 36.6 Å². The fourth-order valence-electron chi connectivity index (χ4n) is 1.14. The lowest BCUT2D eigenvalue weighted by Crippen LogP contribution is -2.17. The van der Waals surface area contributed by atoms with Gasteiger partial charge < -0.3 is 4.74 Å². The molecule has 0 amide bonds. The minimum Gasteiger partial charge on any atom is -0.406 e. The molecule has 0 radical (unpaired) electrons. The van der Waals surface area contributed by atoms with Gasteiger partial charge in [-0.25, -0.2) is 0 Å². The molecule has 0 aliphatic heterocycles. The summed E-state index contributed by atoms with van der Waals surface area (Å²) in [5.74, 6) is -0.667. The zero-order valence-corrected chi connectivity index (χ0v) is 11.5. The summed E-state index contributed by atoms with van der Waals surface area (Å²) in [5, 5.41) is 0.447. The van der Waals surface area contributed by atoms with Gasteiger partial charge >= 0.3 is 6.36 Å². The van der Waals surface area contributed by atoms with E-state index in [4.69, 9.17) is 0 Å². The molecular formula is C10H7Br2F3O2. The van der Waals surface area contributed by atoms with Crippen molar-refractivity contribution in [3.63, 3.8) is 0 Å². The predicted octanol–water partition coefficient (Wildman–Crippen LogP) is 4.32. The molecule has 0 atom stereocenters. The largest absolute Gasteiger partial charge is 0.573 e. The highest BCUT2D eigenvalue weighted by Gasteiger charge is 2.31. The summed E-state index contributed by atoms with van der Waals surface area (Å²) < 4.78 is 40.2. The Morgan fingerprint density at radius 2 is 2.00 bits per heavy atom. The molecule has 2 nitrogen and oxygen atoms in total. The van der Waals surface area contributed by atoms with E-state index in [-0.39, 0.29) is 17.8 Å². The molecule has 0 spiro atoms. The normalized spacial score (nSPS) is 11.4. The fourth-order valence-corrected chi connectivity index (χ4v) is 1.96. The van der Waals surface area contributed by atoms with E-state index in [0.717, 1.165) is 12.1 Å². The highest BCUT2D eigenvalue weighted by molar-refractivity contribution is 9.10. The Bertz CT molecular complexity index is 419. The van der Waals surface area contributed by atoms with Gasteiger partial charge in [-0.1, -0.05) is 31.9 Å². The van der Waals surface area contributed by atoms with E-state index in [1.54, 1.807) is 0 Å². The second-order valence-corrected chi connectivity index (χ2v) is 4.70. The predicted molar refractivity (Wildman–Crippen MR) is 63.6 cm³/mol. The van der Waals surface area contributed by atoms with Crippen LogP contribution in [0.5, 0.6) is 5.75 Å². The Labute approximate surface area is 112 Å². The summed E-state index contributed by atoms with van der Waals surface area (Å²) in [4.78, 5) is 11.6. The van der Waals surface area contributed by atoms with E-state index < -0.39 is 12.1 Å². The van der Waals surface area contributed by atoms with Crippen LogP contribution in [0.2, 0.25) is 0 Å². The highest BCUT2D eigenvalue weighted by atomic mass is 79.9. The molecule has 1 aromatic rings. The van der Waals surface area contributed by atoms with Crippen molar-refractivity contribution in [3.8, 4) is 5.75 Å². The number of ketones is 1. The Balaban J connectivity index is 2.98. The molecule has 0 aliphatic carbocycles. The highest BCUT2D eigenvalue weighted by Crippen LogP contribution is 2.28. The summed E-state index contributed by atoms with van der Waals surface area (Å²) in [6, 6.07) is 3.56. The van der Waals surface area contributed by atoms with Crippen molar-refractivity contribution in [2.75, 3.05) is 5.33 Å². The maximum absolute atomic E-state index is 12.0. The topological polar surface area (TPSA) is 26.3 Å². The summed E-state index contributed by atoms with van der Waals surface area (Å²) in [6.45, 7) is 0. The molecule has 1 rings (SSSR count). The number of hydrogen-bond acceptors (Lipinski definition) is 2. The Kier molecular flexibility index (Phi) is 5.00. The zero-order chi connectivity index (χ0) is 13.1. The summed E-state index contributed by atoms with van der Waals surface area (Å²) >= 11 is 6.20. The number of carbonyl (C=O) groups excluding carboxylic acids is 1. The van der Waals surface area contributed by atoms with Gasteiger partial charge in [0, 0.05) is 21.8 Å². The first kappa shape index (κ1) is 14.5. The third-order valence-electron chi connectivity index (χ3n) is 1.79. The lowest BCUT2D eigenvalue weighted by atomic mass is 10.1. The van der Waals surface area contributed by atoms with Crippen LogP contribution in [-0.4, -0.2) is 17.5 Å². The quantitative estimate of drug-likeness (QED) is 0.578. The van der Waals surface area contributed by atoms with Crippen molar-refractivity contribution in [1.29, 1.82) is 0 Å². The molecular weight excluding hydrogens is 369 g/mol. The van der Waals surface area contributed by atoms with Gasteiger partial charge in [-0.05, 0) is 18.2 Å². The van der Waals surface area contributed by atoms with Crippen molar-refractivity contribution in [2.45, 2.75) is 12.8 Å². The lowest BCUT2D eigenvalue weighted by Gasteiger charge is -2.10. The molecule has 0 fully saturated rings. The molecule has 0 aromatic heterocycles. The maximum Gasteiger partial charge on any atom is 0.573 e. The molecule has 1 aromatic carbocycles. The number of Topliss-reactive ketones (excluding diaryl/α,β-unsaturated/α-hetero) is 1.